The summed E-state index contributed by atoms with van der Waals surface area (Å²) in [5, 5.41) is 13.1. The van der Waals surface area contributed by atoms with E-state index in [1.165, 1.54) is 0 Å². The molecule has 1 aromatic carbocycles. The lowest BCUT2D eigenvalue weighted by atomic mass is 10.1. The third-order valence-electron chi connectivity index (χ3n) is 2.33. The number of nitrogens with one attached hydrogen (secondary N) is 1. The molecule has 2 N–H and O–H groups in total. The Kier molecular flexibility index (Phi) is 6.12. The summed E-state index contributed by atoms with van der Waals surface area (Å²) in [5.41, 5.74) is 0.279. The second kappa shape index (κ2) is 7.11. The van der Waals surface area contributed by atoms with Crippen LogP contribution >= 0.6 is 15.9 Å². The van der Waals surface area contributed by atoms with Gasteiger partial charge in [-0.1, -0.05) is 35.0 Å². The number of hydrogen-bond acceptors (Lipinski definition) is 3. The molecule has 0 aliphatic heterocycles. The van der Waals surface area contributed by atoms with Crippen LogP contribution in [0.1, 0.15) is 19.4 Å². The molecule has 0 radical (unpaired) electrons. The van der Waals surface area contributed by atoms with Crippen molar-refractivity contribution in [3.8, 4) is 0 Å². The molecule has 0 aliphatic rings. The highest BCUT2D eigenvalue weighted by atomic mass is 79.9. The maximum Gasteiger partial charge on any atom is 0.0975 e. The van der Waals surface area contributed by atoms with Crippen molar-refractivity contribution in [1.82, 2.24) is 5.32 Å². The minimum atomic E-state index is -0.817. The van der Waals surface area contributed by atoms with Crippen LogP contribution in [0.15, 0.2) is 28.7 Å². The molecule has 4 heteroatoms. The first-order chi connectivity index (χ1) is 8.03. The van der Waals surface area contributed by atoms with Gasteiger partial charge in [-0.15, -0.1) is 0 Å². The van der Waals surface area contributed by atoms with Gasteiger partial charge < -0.3 is 15.2 Å². The lowest BCUT2D eigenvalue weighted by Gasteiger charge is -2.23. The van der Waals surface area contributed by atoms with Crippen LogP contribution < -0.4 is 5.32 Å². The normalized spacial score (nSPS) is 14.6. The van der Waals surface area contributed by atoms with E-state index in [-0.39, 0.29) is 0 Å². The Hall–Kier alpha value is -0.420. The van der Waals surface area contributed by atoms with Gasteiger partial charge >= 0.3 is 0 Å². The number of benzene rings is 1. The van der Waals surface area contributed by atoms with Gasteiger partial charge in [-0.3, -0.25) is 0 Å². The zero-order valence-corrected chi connectivity index (χ0v) is 12.0. The van der Waals surface area contributed by atoms with E-state index in [1.807, 2.05) is 31.2 Å². The molecule has 0 heterocycles. The zero-order chi connectivity index (χ0) is 12.7. The number of ether oxygens (including phenoxy) is 1. The number of hydrogen-bond donors (Lipinski definition) is 2. The summed E-state index contributed by atoms with van der Waals surface area (Å²) in [6.45, 7) is 6.02. The van der Waals surface area contributed by atoms with Gasteiger partial charge in [0.15, 0.2) is 0 Å². The van der Waals surface area contributed by atoms with Crippen LogP contribution in [0.25, 0.3) is 0 Å². The van der Waals surface area contributed by atoms with Crippen LogP contribution in [0.2, 0.25) is 0 Å². The predicted octanol–water partition coefficient (Wildman–Crippen LogP) is 2.33. The van der Waals surface area contributed by atoms with Crippen molar-refractivity contribution in [1.29, 1.82) is 0 Å². The second-order valence-electron chi connectivity index (χ2n) is 4.40. The fraction of sp³-hybridized carbons (Fsp3) is 0.538. The quantitative estimate of drug-likeness (QED) is 0.812. The maximum atomic E-state index is 9.98. The van der Waals surface area contributed by atoms with Crippen molar-refractivity contribution in [3.63, 3.8) is 0 Å². The fourth-order valence-corrected chi connectivity index (χ4v) is 1.91. The minimum absolute atomic E-state index is 0.326. The van der Waals surface area contributed by atoms with Crippen LogP contribution in [0.4, 0.5) is 0 Å². The van der Waals surface area contributed by atoms with Crippen molar-refractivity contribution < 1.29 is 9.84 Å². The molecular formula is C13H20BrNO2. The Morgan fingerprint density at radius 1 is 1.47 bits per heavy atom. The molecule has 0 aliphatic carbocycles. The molecule has 0 saturated carbocycles. The monoisotopic (exact) mass is 301 g/mol. The van der Waals surface area contributed by atoms with E-state index in [9.17, 15) is 5.11 Å². The van der Waals surface area contributed by atoms with Crippen LogP contribution in [0.5, 0.6) is 0 Å². The smallest absolute Gasteiger partial charge is 0.0975 e. The summed E-state index contributed by atoms with van der Waals surface area (Å²) in [6.07, 6.45) is 0. The number of rotatable bonds is 7. The van der Waals surface area contributed by atoms with Gasteiger partial charge in [0.2, 0.25) is 0 Å². The number of halogens is 1. The lowest BCUT2D eigenvalue weighted by molar-refractivity contribution is -0.0377. The van der Waals surface area contributed by atoms with Crippen molar-refractivity contribution in [2.45, 2.75) is 26.1 Å². The van der Waals surface area contributed by atoms with E-state index in [4.69, 9.17) is 4.74 Å². The second-order valence-corrected chi connectivity index (χ2v) is 5.32. The highest BCUT2D eigenvalue weighted by molar-refractivity contribution is 9.10. The summed E-state index contributed by atoms with van der Waals surface area (Å²) < 4.78 is 6.57. The van der Waals surface area contributed by atoms with Gasteiger partial charge in [-0.25, -0.2) is 0 Å². The van der Waals surface area contributed by atoms with Gasteiger partial charge in [-0.2, -0.15) is 0 Å². The average molecular weight is 302 g/mol. The molecule has 1 atom stereocenters. The van der Waals surface area contributed by atoms with Crippen LogP contribution in [-0.2, 0) is 11.3 Å². The Morgan fingerprint density at radius 3 is 2.88 bits per heavy atom. The van der Waals surface area contributed by atoms with Gasteiger partial charge in [0.1, 0.15) is 0 Å². The molecule has 1 unspecified atom stereocenters. The first-order valence-corrected chi connectivity index (χ1v) is 6.58. The van der Waals surface area contributed by atoms with Crippen LogP contribution in [-0.4, -0.2) is 30.4 Å². The van der Waals surface area contributed by atoms with Gasteiger partial charge in [-0.05, 0) is 31.2 Å². The van der Waals surface area contributed by atoms with E-state index >= 15 is 0 Å². The highest BCUT2D eigenvalue weighted by Crippen LogP contribution is 2.13. The third kappa shape index (κ3) is 6.17. The predicted molar refractivity (Wildman–Crippen MR) is 73.0 cm³/mol. The van der Waals surface area contributed by atoms with Gasteiger partial charge in [0, 0.05) is 11.0 Å². The maximum absolute atomic E-state index is 9.98. The van der Waals surface area contributed by atoms with Crippen LogP contribution in [0, 0.1) is 0 Å². The molecule has 96 valence electrons. The topological polar surface area (TPSA) is 41.5 Å². The SMILES string of the molecule is CCNCC(C)(O)COCc1cccc(Br)c1. The highest BCUT2D eigenvalue weighted by Gasteiger charge is 2.19. The minimum Gasteiger partial charge on any atom is -0.386 e. The third-order valence-corrected chi connectivity index (χ3v) is 2.82. The van der Waals surface area contributed by atoms with E-state index in [2.05, 4.69) is 21.2 Å². The molecule has 0 amide bonds. The molecule has 3 nitrogen and oxygen atoms in total. The zero-order valence-electron chi connectivity index (χ0n) is 10.4. The molecule has 0 bridgehead atoms. The Bertz CT molecular complexity index is 342. The molecule has 0 saturated heterocycles. The van der Waals surface area contributed by atoms with E-state index in [0.29, 0.717) is 19.8 Å². The summed E-state index contributed by atoms with van der Waals surface area (Å²) in [4.78, 5) is 0. The standard InChI is InChI=1S/C13H20BrNO2/c1-3-15-9-13(2,16)10-17-8-11-5-4-6-12(14)7-11/h4-7,15-16H,3,8-10H2,1-2H3. The van der Waals surface area contributed by atoms with E-state index < -0.39 is 5.60 Å². The van der Waals surface area contributed by atoms with E-state index in [1.54, 1.807) is 6.92 Å². The number of likely N-dealkylation sites (N-methyl/N-ethyl adjacent to an activating group) is 1. The molecule has 1 aromatic rings. The molecular weight excluding hydrogens is 282 g/mol. The molecule has 0 spiro atoms. The Labute approximate surface area is 111 Å². The van der Waals surface area contributed by atoms with E-state index in [0.717, 1.165) is 16.6 Å². The first-order valence-electron chi connectivity index (χ1n) is 5.79. The lowest BCUT2D eigenvalue weighted by Crippen LogP contribution is -2.41. The molecule has 1 rings (SSSR count). The van der Waals surface area contributed by atoms with Crippen molar-refractivity contribution in [2.24, 2.45) is 0 Å². The van der Waals surface area contributed by atoms with Crippen molar-refractivity contribution in [3.05, 3.63) is 34.3 Å². The van der Waals surface area contributed by atoms with Gasteiger partial charge in [0.05, 0.1) is 18.8 Å². The summed E-state index contributed by atoms with van der Waals surface area (Å²) >= 11 is 3.41. The number of aliphatic hydroxyl groups is 1. The van der Waals surface area contributed by atoms with Gasteiger partial charge in [0.25, 0.3) is 0 Å². The average Bonchev–Trinajstić information content (AvgIpc) is 2.26. The molecule has 0 aromatic heterocycles. The fourth-order valence-electron chi connectivity index (χ4n) is 1.46. The molecule has 17 heavy (non-hydrogen) atoms. The largest absolute Gasteiger partial charge is 0.386 e. The molecule has 0 fully saturated rings. The summed E-state index contributed by atoms with van der Waals surface area (Å²) in [7, 11) is 0. The van der Waals surface area contributed by atoms with Crippen LogP contribution in [0.3, 0.4) is 0 Å². The Balaban J connectivity index is 2.32. The van der Waals surface area contributed by atoms with Crippen molar-refractivity contribution >= 4 is 15.9 Å². The Morgan fingerprint density at radius 2 is 2.24 bits per heavy atom. The summed E-state index contributed by atoms with van der Waals surface area (Å²) in [5.74, 6) is 0. The first kappa shape index (κ1) is 14.6. The van der Waals surface area contributed by atoms with Crippen molar-refractivity contribution in [2.75, 3.05) is 19.7 Å². The summed E-state index contributed by atoms with van der Waals surface area (Å²) in [6, 6.07) is 7.97.